The van der Waals surface area contributed by atoms with E-state index in [1.807, 2.05) is 12.1 Å². The smallest absolute Gasteiger partial charge is 0.347 e. The lowest BCUT2D eigenvalue weighted by Gasteiger charge is -2.11. The van der Waals surface area contributed by atoms with Crippen molar-refractivity contribution < 1.29 is 23.7 Å². The first-order chi connectivity index (χ1) is 14.6. The lowest BCUT2D eigenvalue weighted by Crippen LogP contribution is -2.10. The van der Waals surface area contributed by atoms with Crippen LogP contribution in [0, 0.1) is 22.7 Å². The molecule has 7 heteroatoms. The second kappa shape index (κ2) is 9.13. The van der Waals surface area contributed by atoms with Gasteiger partial charge in [-0.15, -0.1) is 0 Å². The van der Waals surface area contributed by atoms with Gasteiger partial charge < -0.3 is 18.9 Å². The van der Waals surface area contributed by atoms with Gasteiger partial charge in [0.25, 0.3) is 0 Å². The van der Waals surface area contributed by atoms with Gasteiger partial charge in [0.05, 0.1) is 37.5 Å². The molecular weight excluding hydrogens is 384 g/mol. The molecular formula is C23H16N2O5. The Kier molecular flexibility index (Phi) is 6.17. The molecule has 0 saturated heterocycles. The van der Waals surface area contributed by atoms with E-state index in [2.05, 4.69) is 0 Å². The molecule has 148 valence electrons. The van der Waals surface area contributed by atoms with Crippen molar-refractivity contribution in [1.29, 1.82) is 10.5 Å². The molecule has 30 heavy (non-hydrogen) atoms. The molecule has 0 amide bonds. The summed E-state index contributed by atoms with van der Waals surface area (Å²) in [6, 6.07) is 19.7. The molecule has 0 aromatic heterocycles. The Morgan fingerprint density at radius 1 is 0.767 bits per heavy atom. The van der Waals surface area contributed by atoms with Crippen molar-refractivity contribution in [3.63, 3.8) is 0 Å². The molecule has 0 heterocycles. The Morgan fingerprint density at radius 3 is 2.10 bits per heavy atom. The van der Waals surface area contributed by atoms with Crippen molar-refractivity contribution in [2.45, 2.75) is 0 Å². The van der Waals surface area contributed by atoms with Gasteiger partial charge in [-0.2, -0.15) is 10.5 Å². The van der Waals surface area contributed by atoms with Gasteiger partial charge in [0, 0.05) is 12.1 Å². The third kappa shape index (κ3) is 4.67. The summed E-state index contributed by atoms with van der Waals surface area (Å²) >= 11 is 0. The molecule has 3 rings (SSSR count). The molecule has 0 aliphatic heterocycles. The van der Waals surface area contributed by atoms with Crippen LogP contribution in [0.2, 0.25) is 0 Å². The number of carbonyl (C=O) groups excluding carboxylic acids is 1. The van der Waals surface area contributed by atoms with Crippen molar-refractivity contribution in [1.82, 2.24) is 0 Å². The number of esters is 1. The van der Waals surface area contributed by atoms with Crippen molar-refractivity contribution in [3.05, 3.63) is 77.4 Å². The Labute approximate surface area is 173 Å². The van der Waals surface area contributed by atoms with Crippen LogP contribution in [-0.2, 0) is 0 Å². The summed E-state index contributed by atoms with van der Waals surface area (Å²) in [5, 5.41) is 18.2. The monoisotopic (exact) mass is 400 g/mol. The largest absolute Gasteiger partial charge is 0.497 e. The van der Waals surface area contributed by atoms with Crippen LogP contribution in [0.1, 0.15) is 21.5 Å². The average molecular weight is 400 g/mol. The molecule has 3 aromatic rings. The molecule has 0 bridgehead atoms. The van der Waals surface area contributed by atoms with Gasteiger partial charge >= 0.3 is 5.97 Å². The summed E-state index contributed by atoms with van der Waals surface area (Å²) in [6.07, 6.45) is 0. The standard InChI is InChI=1S/C23H16N2O5/c1-27-17-6-7-21(22(12-17)28-2)23(26)30-19-5-3-4-18(11-19)29-20-9-15(13-24)8-16(10-20)14-25/h3-12H,1-2H3. The van der Waals surface area contributed by atoms with Crippen molar-refractivity contribution in [2.24, 2.45) is 0 Å². The number of methoxy groups -OCH3 is 2. The van der Waals surface area contributed by atoms with Crippen LogP contribution >= 0.6 is 0 Å². The molecule has 0 N–H and O–H groups in total. The van der Waals surface area contributed by atoms with E-state index in [4.69, 9.17) is 29.5 Å². The number of hydrogen-bond acceptors (Lipinski definition) is 7. The maximum Gasteiger partial charge on any atom is 0.347 e. The van der Waals surface area contributed by atoms with Crippen molar-refractivity contribution >= 4 is 5.97 Å². The Balaban J connectivity index is 1.81. The maximum atomic E-state index is 12.6. The predicted octanol–water partition coefficient (Wildman–Crippen LogP) is 4.46. The van der Waals surface area contributed by atoms with E-state index in [0.29, 0.717) is 34.1 Å². The molecule has 7 nitrogen and oxygen atoms in total. The van der Waals surface area contributed by atoms with Crippen LogP contribution in [0.5, 0.6) is 28.7 Å². The number of carbonyl (C=O) groups is 1. The summed E-state index contributed by atoms with van der Waals surface area (Å²) in [7, 11) is 2.97. The van der Waals surface area contributed by atoms with Crippen LogP contribution in [-0.4, -0.2) is 20.2 Å². The van der Waals surface area contributed by atoms with E-state index < -0.39 is 5.97 Å². The molecule has 3 aromatic carbocycles. The topological polar surface area (TPSA) is 102 Å². The lowest BCUT2D eigenvalue weighted by atomic mass is 10.1. The number of benzene rings is 3. The normalized spacial score (nSPS) is 9.73. The molecule has 0 unspecified atom stereocenters. The van der Waals surface area contributed by atoms with Crippen LogP contribution in [0.15, 0.2) is 60.7 Å². The van der Waals surface area contributed by atoms with Crippen LogP contribution < -0.4 is 18.9 Å². The van der Waals surface area contributed by atoms with Gasteiger partial charge in [-0.1, -0.05) is 6.07 Å². The highest BCUT2D eigenvalue weighted by Crippen LogP contribution is 2.29. The average Bonchev–Trinajstić information content (AvgIpc) is 2.78. The second-order valence-electron chi connectivity index (χ2n) is 6.00. The summed E-state index contributed by atoms with van der Waals surface area (Å²) in [6.45, 7) is 0. The fourth-order valence-electron chi connectivity index (χ4n) is 2.65. The molecule has 0 atom stereocenters. The summed E-state index contributed by atoms with van der Waals surface area (Å²) in [5.74, 6) is 1.23. The minimum absolute atomic E-state index is 0.241. The van der Waals surface area contributed by atoms with E-state index in [1.54, 1.807) is 36.4 Å². The molecule has 0 aliphatic rings. The Hall–Kier alpha value is -4.49. The van der Waals surface area contributed by atoms with Crippen LogP contribution in [0.3, 0.4) is 0 Å². The van der Waals surface area contributed by atoms with Gasteiger partial charge in [-0.25, -0.2) is 4.79 Å². The van der Waals surface area contributed by atoms with E-state index in [9.17, 15) is 4.79 Å². The van der Waals surface area contributed by atoms with Gasteiger partial charge in [0.15, 0.2) is 0 Å². The number of nitriles is 2. The number of nitrogens with zero attached hydrogens (tertiary/aromatic N) is 2. The van der Waals surface area contributed by atoms with Crippen molar-refractivity contribution in [3.8, 4) is 40.9 Å². The molecule has 0 aliphatic carbocycles. The van der Waals surface area contributed by atoms with E-state index >= 15 is 0 Å². The van der Waals surface area contributed by atoms with Crippen LogP contribution in [0.4, 0.5) is 0 Å². The number of hydrogen-bond donors (Lipinski definition) is 0. The second-order valence-corrected chi connectivity index (χ2v) is 6.00. The zero-order valence-corrected chi connectivity index (χ0v) is 16.2. The minimum atomic E-state index is -0.607. The van der Waals surface area contributed by atoms with Gasteiger partial charge in [0.1, 0.15) is 34.3 Å². The maximum absolute atomic E-state index is 12.6. The Morgan fingerprint density at radius 2 is 1.47 bits per heavy atom. The minimum Gasteiger partial charge on any atom is -0.497 e. The highest BCUT2D eigenvalue weighted by Gasteiger charge is 2.16. The predicted molar refractivity (Wildman–Crippen MR) is 107 cm³/mol. The third-order valence-corrected chi connectivity index (χ3v) is 4.05. The van der Waals surface area contributed by atoms with E-state index in [-0.39, 0.29) is 11.3 Å². The first-order valence-corrected chi connectivity index (χ1v) is 8.73. The third-order valence-electron chi connectivity index (χ3n) is 4.05. The summed E-state index contributed by atoms with van der Waals surface area (Å²) < 4.78 is 21.5. The summed E-state index contributed by atoms with van der Waals surface area (Å²) in [5.41, 5.74) is 0.849. The highest BCUT2D eigenvalue weighted by molar-refractivity contribution is 5.94. The van der Waals surface area contributed by atoms with Gasteiger partial charge in [-0.3, -0.25) is 0 Å². The molecule has 0 saturated carbocycles. The zero-order chi connectivity index (χ0) is 21.5. The summed E-state index contributed by atoms with van der Waals surface area (Å²) in [4.78, 5) is 12.6. The Bertz CT molecular complexity index is 1140. The number of ether oxygens (including phenoxy) is 4. The van der Waals surface area contributed by atoms with Gasteiger partial charge in [0.2, 0.25) is 0 Å². The molecule has 0 spiro atoms. The first-order valence-electron chi connectivity index (χ1n) is 8.73. The van der Waals surface area contributed by atoms with E-state index in [1.165, 1.54) is 38.5 Å². The molecule has 0 radical (unpaired) electrons. The quantitative estimate of drug-likeness (QED) is 0.445. The van der Waals surface area contributed by atoms with Crippen molar-refractivity contribution in [2.75, 3.05) is 14.2 Å². The van der Waals surface area contributed by atoms with Crippen LogP contribution in [0.25, 0.3) is 0 Å². The first kappa shape index (κ1) is 20.2. The zero-order valence-electron chi connectivity index (χ0n) is 16.2. The van der Waals surface area contributed by atoms with E-state index in [0.717, 1.165) is 0 Å². The highest BCUT2D eigenvalue weighted by atomic mass is 16.5. The SMILES string of the molecule is COc1ccc(C(=O)Oc2cccc(Oc3cc(C#N)cc(C#N)c3)c2)c(OC)c1. The number of rotatable bonds is 6. The lowest BCUT2D eigenvalue weighted by molar-refractivity contribution is 0.0731. The fraction of sp³-hybridized carbons (Fsp3) is 0.0870. The van der Waals surface area contributed by atoms with Gasteiger partial charge in [-0.05, 0) is 42.5 Å². The fourth-order valence-corrected chi connectivity index (χ4v) is 2.65. The molecule has 0 fully saturated rings.